The number of carbonyl (C=O) groups is 3. The first kappa shape index (κ1) is 26.2. The van der Waals surface area contributed by atoms with E-state index in [-0.39, 0.29) is 20.5 Å². The summed E-state index contributed by atoms with van der Waals surface area (Å²) in [6.45, 7) is 0. The van der Waals surface area contributed by atoms with E-state index in [0.29, 0.717) is 39.3 Å². The van der Waals surface area contributed by atoms with Crippen LogP contribution in [-0.2, 0) is 0 Å². The van der Waals surface area contributed by atoms with Crippen LogP contribution in [0.15, 0.2) is 84.9 Å². The number of anilines is 6. The summed E-state index contributed by atoms with van der Waals surface area (Å²) in [6.07, 6.45) is 0. The summed E-state index contributed by atoms with van der Waals surface area (Å²) in [7, 11) is 3.63. The van der Waals surface area contributed by atoms with Gasteiger partial charge >= 0.3 is 0 Å². The summed E-state index contributed by atoms with van der Waals surface area (Å²) in [6, 6.07) is 23.8. The molecular weight excluding hydrogens is 508 g/mol. The number of ketones is 1. The smallest absolute Gasteiger partial charge is 0.255 e. The van der Waals surface area contributed by atoms with Gasteiger partial charge in [0.2, 0.25) is 0 Å². The maximum absolute atomic E-state index is 13.0. The molecular formula is C29H32N8O3. The van der Waals surface area contributed by atoms with Crippen molar-refractivity contribution in [1.29, 1.82) is 0 Å². The van der Waals surface area contributed by atoms with E-state index >= 15 is 0 Å². The molecule has 0 bridgehead atoms. The van der Waals surface area contributed by atoms with Crippen molar-refractivity contribution in [3.05, 3.63) is 107 Å². The zero-order chi connectivity index (χ0) is 28.2. The number of hydrogen-bond donors (Lipinski definition) is 7. The third kappa shape index (κ3) is 5.41. The molecule has 0 atom stereocenters. The molecule has 5 rings (SSSR count). The van der Waals surface area contributed by atoms with Crippen molar-refractivity contribution < 1.29 is 17.2 Å². The van der Waals surface area contributed by atoms with Gasteiger partial charge in [0, 0.05) is 50.6 Å². The summed E-state index contributed by atoms with van der Waals surface area (Å²) in [4.78, 5) is 38.4. The lowest BCUT2D eigenvalue weighted by Gasteiger charge is -2.11. The van der Waals surface area contributed by atoms with Gasteiger partial charge in [-0.2, -0.15) is 0 Å². The van der Waals surface area contributed by atoms with Crippen LogP contribution in [0.25, 0.3) is 0 Å². The Morgan fingerprint density at radius 2 is 1.25 bits per heavy atom. The highest BCUT2D eigenvalue weighted by Crippen LogP contribution is 2.29. The molecule has 0 radical (unpaired) electrons. The van der Waals surface area contributed by atoms with Crippen LogP contribution in [0.5, 0.6) is 0 Å². The predicted molar refractivity (Wildman–Crippen MR) is 162 cm³/mol. The van der Waals surface area contributed by atoms with Crippen LogP contribution in [0, 0.1) is 0 Å². The van der Waals surface area contributed by atoms with Gasteiger partial charge in [-0.1, -0.05) is 0 Å². The molecule has 8 N–H and O–H groups in total. The Kier molecular flexibility index (Phi) is 7.31. The van der Waals surface area contributed by atoms with Gasteiger partial charge in [0.25, 0.3) is 11.8 Å². The Morgan fingerprint density at radius 3 is 1.80 bits per heavy atom. The Balaban J connectivity index is 0.00000242. The fraction of sp³-hybridized carbons (Fsp3) is 0.0690. The average molecular weight is 541 g/mol. The number of amides is 2. The van der Waals surface area contributed by atoms with Crippen molar-refractivity contribution in [2.75, 3.05) is 45.9 Å². The van der Waals surface area contributed by atoms with Crippen LogP contribution >= 0.6 is 0 Å². The Bertz CT molecular complexity index is 1530. The van der Waals surface area contributed by atoms with E-state index in [2.05, 4.69) is 32.3 Å². The van der Waals surface area contributed by atoms with Crippen LogP contribution < -0.4 is 43.2 Å². The molecule has 0 aromatic heterocycles. The lowest BCUT2D eigenvalue weighted by Crippen LogP contribution is -2.31. The number of nitrogens with two attached hydrogens (primary N) is 1. The molecule has 4 aromatic rings. The Labute approximate surface area is 233 Å². The highest BCUT2D eigenvalue weighted by atomic mass is 16.2. The van der Waals surface area contributed by atoms with E-state index in [9.17, 15) is 14.4 Å². The summed E-state index contributed by atoms with van der Waals surface area (Å²) in [5.74, 6) is 4.79. The van der Waals surface area contributed by atoms with Crippen LogP contribution in [0.4, 0.5) is 34.1 Å². The lowest BCUT2D eigenvalue weighted by atomic mass is 10.0. The molecule has 1 heterocycles. The molecule has 40 heavy (non-hydrogen) atoms. The molecule has 0 saturated heterocycles. The van der Waals surface area contributed by atoms with Gasteiger partial charge in [0.05, 0.1) is 22.7 Å². The minimum atomic E-state index is -0.309. The van der Waals surface area contributed by atoms with Crippen molar-refractivity contribution in [3.63, 3.8) is 0 Å². The van der Waals surface area contributed by atoms with Crippen LogP contribution in [-0.4, -0.2) is 31.7 Å². The number of benzene rings is 4. The van der Waals surface area contributed by atoms with Crippen LogP contribution in [0.2, 0.25) is 0 Å². The zero-order valence-corrected chi connectivity index (χ0v) is 21.8. The van der Waals surface area contributed by atoms with E-state index in [1.807, 2.05) is 18.1 Å². The topological polar surface area (TPSA) is 153 Å². The summed E-state index contributed by atoms with van der Waals surface area (Å²) in [5.41, 5.74) is 14.6. The van der Waals surface area contributed by atoms with Crippen molar-refractivity contribution in [2.45, 2.75) is 0 Å². The van der Waals surface area contributed by atoms with Gasteiger partial charge in [0.15, 0.2) is 5.78 Å². The summed E-state index contributed by atoms with van der Waals surface area (Å²) < 4.78 is 0. The van der Waals surface area contributed by atoms with E-state index in [1.165, 1.54) is 0 Å². The molecule has 206 valence electrons. The average Bonchev–Trinajstić information content (AvgIpc) is 3.36. The van der Waals surface area contributed by atoms with E-state index in [4.69, 9.17) is 5.84 Å². The monoisotopic (exact) mass is 540 g/mol. The van der Waals surface area contributed by atoms with Gasteiger partial charge < -0.3 is 26.8 Å². The van der Waals surface area contributed by atoms with Crippen molar-refractivity contribution in [2.24, 2.45) is 5.84 Å². The quantitative estimate of drug-likeness (QED) is 0.0971. The number of hydrazine groups is 3. The second kappa shape index (κ2) is 11.2. The number of nitrogens with one attached hydrogen (secondary N) is 6. The first-order chi connectivity index (χ1) is 19.4. The van der Waals surface area contributed by atoms with Crippen molar-refractivity contribution in [1.82, 2.24) is 5.53 Å². The van der Waals surface area contributed by atoms with Gasteiger partial charge in [-0.15, -0.1) is 5.53 Å². The molecule has 0 aliphatic carbocycles. The third-order valence-electron chi connectivity index (χ3n) is 6.49. The number of rotatable bonds is 8. The maximum Gasteiger partial charge on any atom is 0.255 e. The molecule has 11 nitrogen and oxygen atoms in total. The molecule has 1 aliphatic rings. The first-order valence-electron chi connectivity index (χ1n) is 12.4. The molecule has 0 spiro atoms. The molecule has 0 fully saturated rings. The summed E-state index contributed by atoms with van der Waals surface area (Å²) >= 11 is 0. The highest BCUT2D eigenvalue weighted by molar-refractivity contribution is 6.10. The van der Waals surface area contributed by atoms with Gasteiger partial charge in [0.1, 0.15) is 0 Å². The molecule has 2 amide bonds. The minimum Gasteiger partial charge on any atom is -0.386 e. The normalized spacial score (nSPS) is 11.7. The van der Waals surface area contributed by atoms with Crippen molar-refractivity contribution in [3.8, 4) is 0 Å². The second-order valence-corrected chi connectivity index (χ2v) is 9.07. The third-order valence-corrected chi connectivity index (χ3v) is 6.49. The number of carbonyl (C=O) groups excluding carboxylic acids is 3. The van der Waals surface area contributed by atoms with Crippen molar-refractivity contribution >= 4 is 51.7 Å². The highest BCUT2D eigenvalue weighted by Gasteiger charge is 2.17. The van der Waals surface area contributed by atoms with Gasteiger partial charge in [-0.3, -0.25) is 25.2 Å². The fourth-order valence-electron chi connectivity index (χ4n) is 4.28. The lowest BCUT2D eigenvalue weighted by molar-refractivity contribution is 0.101. The van der Waals surface area contributed by atoms with Gasteiger partial charge in [-0.05, 0) is 84.9 Å². The number of nitrogens with zero attached hydrogens (tertiary/aromatic N) is 1. The molecule has 0 saturated carbocycles. The van der Waals surface area contributed by atoms with Crippen LogP contribution in [0.3, 0.4) is 0 Å². The number of fused-ring (bicyclic) bond motifs is 1. The SMILES string of the molecule is CNc1ccc(C(=O)Nc2ccc(C(=O)c3ccc(NC(=O)c4ccc5c(c4)NNN5C)cc3)cc2)cc1NN.[HH].[HH]. The molecule has 0 unspecified atom stereocenters. The Morgan fingerprint density at radius 1 is 0.725 bits per heavy atom. The van der Waals surface area contributed by atoms with E-state index < -0.39 is 0 Å². The number of nitrogen functional groups attached to an aromatic ring is 1. The molecule has 1 aliphatic heterocycles. The minimum absolute atomic E-state index is 0. The van der Waals surface area contributed by atoms with E-state index in [1.54, 1.807) is 85.9 Å². The predicted octanol–water partition coefficient (Wildman–Crippen LogP) is 4.52. The zero-order valence-electron chi connectivity index (χ0n) is 21.8. The second-order valence-electron chi connectivity index (χ2n) is 9.07. The summed E-state index contributed by atoms with van der Waals surface area (Å²) in [5, 5.41) is 10.5. The first-order valence-corrected chi connectivity index (χ1v) is 12.4. The standard InChI is InChI=1S/C29H28N8O3.2H2/c1-31-23-13-7-19(15-24(23)34-30)28(39)32-21-9-3-17(4-10-21)27(38)18-5-11-22(12-6-18)33-29(40)20-8-14-26-25(16-20)35-36-37(26)2;;/h3-16,31,34-36H,30H2,1-2H3,(H,32,39)(H,33,40);2*1H. The maximum atomic E-state index is 13.0. The van der Waals surface area contributed by atoms with Crippen LogP contribution in [0.1, 0.15) is 39.5 Å². The van der Waals surface area contributed by atoms with E-state index in [0.717, 1.165) is 17.1 Å². The molecule has 11 heteroatoms. The Hall–Kier alpha value is -5.39. The fourth-order valence-corrected chi connectivity index (χ4v) is 4.28. The largest absolute Gasteiger partial charge is 0.386 e. The molecule has 4 aromatic carbocycles. The van der Waals surface area contributed by atoms with Gasteiger partial charge in [-0.25, -0.2) is 0 Å². The number of hydrogen-bond acceptors (Lipinski definition) is 9.